The summed E-state index contributed by atoms with van der Waals surface area (Å²) in [7, 11) is 0. The first kappa shape index (κ1) is 11.3. The molecule has 0 unspecified atom stereocenters. The summed E-state index contributed by atoms with van der Waals surface area (Å²) < 4.78 is 0. The van der Waals surface area contributed by atoms with Crippen LogP contribution in [0.2, 0.25) is 0 Å². The lowest BCUT2D eigenvalue weighted by atomic mass is 10.3. The lowest BCUT2D eigenvalue weighted by molar-refractivity contribution is 0.423. The second-order valence-corrected chi connectivity index (χ2v) is 4.12. The highest BCUT2D eigenvalue weighted by molar-refractivity contribution is 5.83. The van der Waals surface area contributed by atoms with Gasteiger partial charge in [-0.05, 0) is 33.6 Å². The van der Waals surface area contributed by atoms with Crippen LogP contribution in [0.1, 0.15) is 47.0 Å². The van der Waals surface area contributed by atoms with E-state index in [1.165, 1.54) is 24.3 Å². The summed E-state index contributed by atoms with van der Waals surface area (Å²) in [5.41, 5.74) is 1.27. The Kier molecular flexibility index (Phi) is 4.18. The fourth-order valence-electron chi connectivity index (χ4n) is 1.61. The minimum absolute atomic E-state index is 0.782. The molecule has 0 aromatic rings. The second kappa shape index (κ2) is 5.18. The van der Waals surface area contributed by atoms with E-state index in [0.29, 0.717) is 0 Å². The van der Waals surface area contributed by atoms with Crippen molar-refractivity contribution in [1.29, 1.82) is 0 Å². The van der Waals surface area contributed by atoms with Crippen LogP contribution in [0.15, 0.2) is 16.8 Å². The summed E-state index contributed by atoms with van der Waals surface area (Å²) in [5.74, 6) is 1.25. The molecule has 14 heavy (non-hydrogen) atoms. The molecule has 1 fully saturated rings. The molecule has 0 aromatic heterocycles. The van der Waals surface area contributed by atoms with Crippen molar-refractivity contribution in [2.45, 2.75) is 53.0 Å². The van der Waals surface area contributed by atoms with Crippen LogP contribution in [-0.2, 0) is 0 Å². The molecule has 2 heteroatoms. The molecule has 0 radical (unpaired) electrons. The minimum Gasteiger partial charge on any atom is -0.357 e. The number of amidine groups is 1. The van der Waals surface area contributed by atoms with Crippen LogP contribution in [0.5, 0.6) is 0 Å². The molecule has 0 N–H and O–H groups in total. The Labute approximate surface area is 87.7 Å². The van der Waals surface area contributed by atoms with Crippen molar-refractivity contribution >= 4 is 5.84 Å². The zero-order chi connectivity index (χ0) is 10.6. The summed E-state index contributed by atoms with van der Waals surface area (Å²) >= 11 is 0. The summed E-state index contributed by atoms with van der Waals surface area (Å²) in [6, 6.07) is 0.782. The fraction of sp³-hybridized carbons (Fsp3) is 0.750. The molecule has 1 aliphatic carbocycles. The summed E-state index contributed by atoms with van der Waals surface area (Å²) in [6.07, 6.45) is 5.71. The van der Waals surface area contributed by atoms with Crippen LogP contribution in [0.4, 0.5) is 0 Å². The predicted octanol–water partition coefficient (Wildman–Crippen LogP) is 3.20. The van der Waals surface area contributed by atoms with Crippen LogP contribution in [-0.4, -0.2) is 23.3 Å². The Hall–Kier alpha value is -0.790. The van der Waals surface area contributed by atoms with E-state index in [2.05, 4.69) is 37.6 Å². The highest BCUT2D eigenvalue weighted by atomic mass is 15.2. The Bertz CT molecular complexity index is 233. The first-order valence-electron chi connectivity index (χ1n) is 5.65. The third-order valence-corrected chi connectivity index (χ3v) is 2.45. The van der Waals surface area contributed by atoms with Gasteiger partial charge >= 0.3 is 0 Å². The highest BCUT2D eigenvalue weighted by Gasteiger charge is 2.29. The average Bonchev–Trinajstić information content (AvgIpc) is 2.95. The standard InChI is InChI=1S/C12H22N2/c1-5-12(13-9-10(3)4)14(6-2)11-7-8-11/h9,11H,5-8H2,1-4H3. The lowest BCUT2D eigenvalue weighted by Crippen LogP contribution is -2.32. The molecule has 0 atom stereocenters. The Morgan fingerprint density at radius 3 is 2.36 bits per heavy atom. The maximum atomic E-state index is 4.55. The van der Waals surface area contributed by atoms with Gasteiger partial charge in [0.25, 0.3) is 0 Å². The van der Waals surface area contributed by atoms with Gasteiger partial charge in [0.1, 0.15) is 5.84 Å². The van der Waals surface area contributed by atoms with Crippen molar-refractivity contribution in [2.24, 2.45) is 4.99 Å². The highest BCUT2D eigenvalue weighted by Crippen LogP contribution is 2.27. The van der Waals surface area contributed by atoms with E-state index in [9.17, 15) is 0 Å². The summed E-state index contributed by atoms with van der Waals surface area (Å²) in [5, 5.41) is 0. The van der Waals surface area contributed by atoms with Crippen molar-refractivity contribution in [1.82, 2.24) is 4.90 Å². The first-order valence-corrected chi connectivity index (χ1v) is 5.65. The van der Waals surface area contributed by atoms with Crippen LogP contribution in [0.3, 0.4) is 0 Å². The molecule has 0 bridgehead atoms. The van der Waals surface area contributed by atoms with E-state index in [1.807, 2.05) is 6.20 Å². The molecule has 1 aliphatic rings. The van der Waals surface area contributed by atoms with Gasteiger partial charge in [-0.3, -0.25) is 0 Å². The molecule has 1 rings (SSSR count). The smallest absolute Gasteiger partial charge is 0.104 e. The van der Waals surface area contributed by atoms with Crippen LogP contribution in [0, 0.1) is 0 Å². The van der Waals surface area contributed by atoms with E-state index in [4.69, 9.17) is 0 Å². The maximum absolute atomic E-state index is 4.55. The Morgan fingerprint density at radius 2 is 2.00 bits per heavy atom. The van der Waals surface area contributed by atoms with Crippen molar-refractivity contribution in [2.75, 3.05) is 6.54 Å². The van der Waals surface area contributed by atoms with Gasteiger partial charge in [0, 0.05) is 25.2 Å². The first-order chi connectivity index (χ1) is 6.69. The molecule has 80 valence electrons. The zero-order valence-corrected chi connectivity index (χ0v) is 9.88. The van der Waals surface area contributed by atoms with Gasteiger partial charge in [0.2, 0.25) is 0 Å². The number of aliphatic imine (C=N–C) groups is 1. The predicted molar refractivity (Wildman–Crippen MR) is 62.6 cm³/mol. The number of hydrogen-bond donors (Lipinski definition) is 0. The minimum atomic E-state index is 0.782. The van der Waals surface area contributed by atoms with Crippen LogP contribution >= 0.6 is 0 Å². The van der Waals surface area contributed by atoms with Gasteiger partial charge in [-0.1, -0.05) is 12.5 Å². The van der Waals surface area contributed by atoms with Gasteiger partial charge in [-0.15, -0.1) is 0 Å². The summed E-state index contributed by atoms with van der Waals surface area (Å²) in [6.45, 7) is 9.66. The topological polar surface area (TPSA) is 15.6 Å². The lowest BCUT2D eigenvalue weighted by Gasteiger charge is -2.23. The molecule has 0 spiro atoms. The van der Waals surface area contributed by atoms with E-state index >= 15 is 0 Å². The monoisotopic (exact) mass is 194 g/mol. The zero-order valence-electron chi connectivity index (χ0n) is 9.88. The number of allylic oxidation sites excluding steroid dienone is 1. The molecule has 0 saturated heterocycles. The number of nitrogens with zero attached hydrogens (tertiary/aromatic N) is 2. The molecular formula is C12H22N2. The van der Waals surface area contributed by atoms with E-state index in [-0.39, 0.29) is 0 Å². The molecule has 0 heterocycles. The van der Waals surface area contributed by atoms with Gasteiger partial charge < -0.3 is 4.90 Å². The Morgan fingerprint density at radius 1 is 1.36 bits per heavy atom. The van der Waals surface area contributed by atoms with E-state index in [0.717, 1.165) is 19.0 Å². The van der Waals surface area contributed by atoms with Crippen molar-refractivity contribution < 1.29 is 0 Å². The SMILES string of the molecule is CCC(=NC=C(C)C)N(CC)C1CC1. The van der Waals surface area contributed by atoms with Gasteiger partial charge in [-0.25, -0.2) is 4.99 Å². The third kappa shape index (κ3) is 3.17. The van der Waals surface area contributed by atoms with Gasteiger partial charge in [0.15, 0.2) is 0 Å². The average molecular weight is 194 g/mol. The molecular weight excluding hydrogens is 172 g/mol. The third-order valence-electron chi connectivity index (χ3n) is 2.45. The van der Waals surface area contributed by atoms with Crippen molar-refractivity contribution in [3.05, 3.63) is 11.8 Å². The van der Waals surface area contributed by atoms with Crippen molar-refractivity contribution in [3.63, 3.8) is 0 Å². The van der Waals surface area contributed by atoms with Crippen molar-refractivity contribution in [3.8, 4) is 0 Å². The molecule has 0 amide bonds. The normalized spacial score (nSPS) is 16.7. The van der Waals surface area contributed by atoms with Crippen LogP contribution in [0.25, 0.3) is 0 Å². The molecule has 1 saturated carbocycles. The maximum Gasteiger partial charge on any atom is 0.104 e. The number of hydrogen-bond acceptors (Lipinski definition) is 1. The molecule has 0 aromatic carbocycles. The van der Waals surface area contributed by atoms with Crippen LogP contribution < -0.4 is 0 Å². The quantitative estimate of drug-likeness (QED) is 0.495. The van der Waals surface area contributed by atoms with E-state index < -0.39 is 0 Å². The Balaban J connectivity index is 2.67. The van der Waals surface area contributed by atoms with E-state index in [1.54, 1.807) is 0 Å². The second-order valence-electron chi connectivity index (χ2n) is 4.12. The van der Waals surface area contributed by atoms with Gasteiger partial charge in [-0.2, -0.15) is 0 Å². The number of rotatable bonds is 4. The largest absolute Gasteiger partial charge is 0.357 e. The fourth-order valence-corrected chi connectivity index (χ4v) is 1.61. The van der Waals surface area contributed by atoms with Gasteiger partial charge in [0.05, 0.1) is 0 Å². The summed E-state index contributed by atoms with van der Waals surface area (Å²) in [4.78, 5) is 7.00. The molecule has 0 aliphatic heterocycles. The molecule has 2 nitrogen and oxygen atoms in total.